The van der Waals surface area contributed by atoms with Crippen molar-refractivity contribution < 1.29 is 14.7 Å². The minimum absolute atomic E-state index is 0.285. The summed E-state index contributed by atoms with van der Waals surface area (Å²) in [6.45, 7) is 0.538. The number of carbonyl (C=O) groups excluding carboxylic acids is 1. The SMILES string of the molecule is CSCC[C@H](NC(=O)C1Cc2nc[nH]c2CN1)C(=O)O. The number of rotatable bonds is 6. The van der Waals surface area contributed by atoms with Crippen LogP contribution in [-0.4, -0.2) is 51.0 Å². The lowest BCUT2D eigenvalue weighted by molar-refractivity contribution is -0.142. The number of thioether (sulfide) groups is 1. The lowest BCUT2D eigenvalue weighted by Crippen LogP contribution is -2.52. The van der Waals surface area contributed by atoms with E-state index in [9.17, 15) is 9.59 Å². The van der Waals surface area contributed by atoms with Gasteiger partial charge in [0.15, 0.2) is 0 Å². The Labute approximate surface area is 120 Å². The zero-order valence-corrected chi connectivity index (χ0v) is 12.0. The fraction of sp³-hybridized carbons (Fsp3) is 0.583. The number of amides is 1. The molecule has 8 heteroatoms. The highest BCUT2D eigenvalue weighted by atomic mass is 32.2. The molecule has 1 aromatic rings. The standard InChI is InChI=1S/C12H18N4O3S/c1-20-3-2-7(12(18)19)16-11(17)9-4-8-10(5-13-9)15-6-14-8/h6-7,9,13H,2-5H2,1H3,(H,14,15)(H,16,17)(H,18,19)/t7-,9?/m0/s1. The first-order chi connectivity index (χ1) is 9.61. The predicted octanol–water partition coefficient (Wildman–Crippen LogP) is -0.253. The number of aromatic amines is 1. The van der Waals surface area contributed by atoms with Crippen molar-refractivity contribution in [2.24, 2.45) is 0 Å². The molecular formula is C12H18N4O3S. The van der Waals surface area contributed by atoms with E-state index in [1.807, 2.05) is 6.26 Å². The molecule has 0 radical (unpaired) electrons. The number of aromatic nitrogens is 2. The Bertz CT molecular complexity index is 491. The van der Waals surface area contributed by atoms with Gasteiger partial charge in [-0.15, -0.1) is 0 Å². The van der Waals surface area contributed by atoms with Gasteiger partial charge in [0.1, 0.15) is 6.04 Å². The van der Waals surface area contributed by atoms with Crippen LogP contribution >= 0.6 is 11.8 Å². The highest BCUT2D eigenvalue weighted by Gasteiger charge is 2.28. The number of nitrogens with one attached hydrogen (secondary N) is 3. The Morgan fingerprint density at radius 3 is 3.15 bits per heavy atom. The van der Waals surface area contributed by atoms with Crippen LogP contribution in [0.4, 0.5) is 0 Å². The summed E-state index contributed by atoms with van der Waals surface area (Å²) in [6.07, 6.45) is 4.40. The lowest BCUT2D eigenvalue weighted by atomic mass is 10.0. The lowest BCUT2D eigenvalue weighted by Gasteiger charge is -2.24. The number of carboxylic acids is 1. The number of aliphatic carboxylic acids is 1. The van der Waals surface area contributed by atoms with Gasteiger partial charge in [0.25, 0.3) is 0 Å². The third-order valence-electron chi connectivity index (χ3n) is 3.27. The molecule has 20 heavy (non-hydrogen) atoms. The highest BCUT2D eigenvalue weighted by Crippen LogP contribution is 2.12. The minimum atomic E-state index is -0.997. The number of fused-ring (bicyclic) bond motifs is 1. The number of carboxylic acid groups (broad SMARTS) is 1. The van der Waals surface area contributed by atoms with E-state index in [-0.39, 0.29) is 5.91 Å². The molecule has 1 amide bonds. The van der Waals surface area contributed by atoms with Crippen molar-refractivity contribution >= 4 is 23.6 Å². The normalized spacial score (nSPS) is 19.1. The average molecular weight is 298 g/mol. The molecule has 4 N–H and O–H groups in total. The number of imidazole rings is 1. The molecule has 2 heterocycles. The van der Waals surface area contributed by atoms with Crippen LogP contribution < -0.4 is 10.6 Å². The summed E-state index contributed by atoms with van der Waals surface area (Å²) in [7, 11) is 0. The maximum Gasteiger partial charge on any atom is 0.326 e. The van der Waals surface area contributed by atoms with E-state index < -0.39 is 18.1 Å². The molecule has 1 aromatic heterocycles. The van der Waals surface area contributed by atoms with Gasteiger partial charge in [-0.05, 0) is 18.4 Å². The first-order valence-corrected chi connectivity index (χ1v) is 7.77. The van der Waals surface area contributed by atoms with Crippen LogP contribution in [0.5, 0.6) is 0 Å². The fourth-order valence-corrected chi connectivity index (χ4v) is 2.59. The maximum absolute atomic E-state index is 12.1. The molecule has 0 aromatic carbocycles. The second kappa shape index (κ2) is 6.76. The van der Waals surface area contributed by atoms with E-state index in [0.29, 0.717) is 25.1 Å². The van der Waals surface area contributed by atoms with E-state index in [4.69, 9.17) is 5.11 Å². The van der Waals surface area contributed by atoms with Crippen LogP contribution in [0.25, 0.3) is 0 Å². The molecule has 0 fully saturated rings. The van der Waals surface area contributed by atoms with Crippen molar-refractivity contribution in [1.82, 2.24) is 20.6 Å². The van der Waals surface area contributed by atoms with E-state index in [1.54, 1.807) is 18.1 Å². The third-order valence-corrected chi connectivity index (χ3v) is 3.92. The monoisotopic (exact) mass is 298 g/mol. The fourth-order valence-electron chi connectivity index (χ4n) is 2.12. The Morgan fingerprint density at radius 2 is 2.45 bits per heavy atom. The molecular weight excluding hydrogens is 280 g/mol. The van der Waals surface area contributed by atoms with Crippen LogP contribution in [0, 0.1) is 0 Å². The number of carbonyl (C=O) groups is 2. The van der Waals surface area contributed by atoms with Crippen LogP contribution in [-0.2, 0) is 22.6 Å². The van der Waals surface area contributed by atoms with Crippen molar-refractivity contribution in [2.75, 3.05) is 12.0 Å². The highest BCUT2D eigenvalue weighted by molar-refractivity contribution is 7.98. The van der Waals surface area contributed by atoms with Gasteiger partial charge < -0.3 is 15.4 Å². The molecule has 7 nitrogen and oxygen atoms in total. The summed E-state index contributed by atoms with van der Waals surface area (Å²) in [5.41, 5.74) is 1.84. The first kappa shape index (κ1) is 14.9. The van der Waals surface area contributed by atoms with Gasteiger partial charge in [-0.2, -0.15) is 11.8 Å². The Hall–Kier alpha value is -1.54. The number of H-pyrrole nitrogens is 1. The first-order valence-electron chi connectivity index (χ1n) is 6.38. The van der Waals surface area contributed by atoms with Crippen LogP contribution in [0.3, 0.4) is 0 Å². The zero-order chi connectivity index (χ0) is 14.5. The van der Waals surface area contributed by atoms with Gasteiger partial charge >= 0.3 is 5.97 Å². The topological polar surface area (TPSA) is 107 Å². The van der Waals surface area contributed by atoms with Gasteiger partial charge in [0, 0.05) is 13.0 Å². The van der Waals surface area contributed by atoms with Crippen molar-refractivity contribution in [2.45, 2.75) is 31.5 Å². The van der Waals surface area contributed by atoms with Crippen molar-refractivity contribution in [3.05, 3.63) is 17.7 Å². The number of hydrogen-bond donors (Lipinski definition) is 4. The number of nitrogens with zero attached hydrogens (tertiary/aromatic N) is 1. The van der Waals surface area contributed by atoms with E-state index >= 15 is 0 Å². The Kier molecular flexibility index (Phi) is 5.02. The van der Waals surface area contributed by atoms with Crippen LogP contribution in [0.2, 0.25) is 0 Å². The summed E-state index contributed by atoms with van der Waals surface area (Å²) in [4.78, 5) is 30.4. The van der Waals surface area contributed by atoms with Gasteiger partial charge in [0.05, 0.1) is 23.8 Å². The molecule has 2 rings (SSSR count). The molecule has 1 aliphatic rings. The third kappa shape index (κ3) is 3.51. The summed E-state index contributed by atoms with van der Waals surface area (Å²) >= 11 is 1.56. The van der Waals surface area contributed by atoms with Crippen LogP contribution in [0.15, 0.2) is 6.33 Å². The molecule has 0 saturated carbocycles. The molecule has 1 aliphatic heterocycles. The molecule has 0 saturated heterocycles. The summed E-state index contributed by atoms with van der Waals surface area (Å²) in [6, 6.07) is -1.26. The second-order valence-electron chi connectivity index (χ2n) is 4.65. The maximum atomic E-state index is 12.1. The second-order valence-corrected chi connectivity index (χ2v) is 5.63. The molecule has 0 spiro atoms. The number of hydrogen-bond acceptors (Lipinski definition) is 5. The average Bonchev–Trinajstić information content (AvgIpc) is 2.90. The zero-order valence-electron chi connectivity index (χ0n) is 11.2. The molecule has 1 unspecified atom stereocenters. The molecule has 0 aliphatic carbocycles. The van der Waals surface area contributed by atoms with E-state index in [0.717, 1.165) is 11.4 Å². The quantitative estimate of drug-likeness (QED) is 0.577. The van der Waals surface area contributed by atoms with Crippen LogP contribution in [0.1, 0.15) is 17.8 Å². The van der Waals surface area contributed by atoms with Gasteiger partial charge in [-0.3, -0.25) is 10.1 Å². The minimum Gasteiger partial charge on any atom is -0.480 e. The van der Waals surface area contributed by atoms with Gasteiger partial charge in [-0.25, -0.2) is 9.78 Å². The van der Waals surface area contributed by atoms with Crippen molar-refractivity contribution in [1.29, 1.82) is 0 Å². The Balaban J connectivity index is 1.92. The predicted molar refractivity (Wildman–Crippen MR) is 75.5 cm³/mol. The Morgan fingerprint density at radius 1 is 1.65 bits per heavy atom. The molecule has 2 atom stereocenters. The van der Waals surface area contributed by atoms with E-state index in [1.165, 1.54) is 0 Å². The summed E-state index contributed by atoms with van der Waals surface area (Å²) < 4.78 is 0. The largest absolute Gasteiger partial charge is 0.480 e. The van der Waals surface area contributed by atoms with Crippen molar-refractivity contribution in [3.8, 4) is 0 Å². The summed E-state index contributed by atoms with van der Waals surface area (Å²) in [5.74, 6) is -0.588. The van der Waals surface area contributed by atoms with Crippen molar-refractivity contribution in [3.63, 3.8) is 0 Å². The van der Waals surface area contributed by atoms with Gasteiger partial charge in [0.2, 0.25) is 5.91 Å². The van der Waals surface area contributed by atoms with E-state index in [2.05, 4.69) is 20.6 Å². The molecule has 0 bridgehead atoms. The molecule has 110 valence electrons. The smallest absolute Gasteiger partial charge is 0.326 e. The van der Waals surface area contributed by atoms with Gasteiger partial charge in [-0.1, -0.05) is 0 Å². The summed E-state index contributed by atoms with van der Waals surface area (Å²) in [5, 5.41) is 14.8.